The number of halogens is 2. The van der Waals surface area contributed by atoms with Gasteiger partial charge in [-0.25, -0.2) is 4.79 Å². The predicted octanol–water partition coefficient (Wildman–Crippen LogP) is 3.96. The van der Waals surface area contributed by atoms with E-state index in [-0.39, 0.29) is 27.1 Å². The summed E-state index contributed by atoms with van der Waals surface area (Å²) in [5, 5.41) is 2.93. The van der Waals surface area contributed by atoms with Crippen molar-refractivity contribution in [1.29, 1.82) is 0 Å². The number of carbonyl (C=O) groups is 3. The largest absolute Gasteiger partial charge is 0.449 e. The van der Waals surface area contributed by atoms with Crippen LogP contribution in [0.2, 0.25) is 10.0 Å². The van der Waals surface area contributed by atoms with Crippen LogP contribution < -0.4 is 11.1 Å². The minimum atomic E-state index is -1.09. The molecule has 0 aliphatic carbocycles. The van der Waals surface area contributed by atoms with Crippen LogP contribution in [0.1, 0.15) is 34.6 Å². The first-order valence-electron chi connectivity index (χ1n) is 7.56. The zero-order valence-electron chi connectivity index (χ0n) is 14.0. The predicted molar refractivity (Wildman–Crippen MR) is 101 cm³/mol. The van der Waals surface area contributed by atoms with E-state index < -0.39 is 18.0 Å². The van der Waals surface area contributed by atoms with Gasteiger partial charge in [0.2, 0.25) is 0 Å². The number of ketones is 1. The van der Waals surface area contributed by atoms with E-state index in [0.29, 0.717) is 11.3 Å². The molecule has 0 heterocycles. The molecular weight excluding hydrogens is 379 g/mol. The molecule has 0 spiro atoms. The number of Topliss-reactive ketones (excluding diaryl/α,β-unsaturated/α-hetero) is 1. The zero-order chi connectivity index (χ0) is 19.4. The molecule has 2 rings (SSSR count). The van der Waals surface area contributed by atoms with Crippen molar-refractivity contribution in [3.05, 3.63) is 57.6 Å². The first-order valence-corrected chi connectivity index (χ1v) is 8.32. The van der Waals surface area contributed by atoms with Crippen LogP contribution in [-0.4, -0.2) is 23.8 Å². The highest BCUT2D eigenvalue weighted by molar-refractivity contribution is 6.37. The molecule has 1 atom stereocenters. The molecule has 26 heavy (non-hydrogen) atoms. The summed E-state index contributed by atoms with van der Waals surface area (Å²) >= 11 is 11.7. The summed E-state index contributed by atoms with van der Waals surface area (Å²) < 4.78 is 5.12. The summed E-state index contributed by atoms with van der Waals surface area (Å²) in [7, 11) is 0. The van der Waals surface area contributed by atoms with Gasteiger partial charge in [0.15, 0.2) is 11.9 Å². The van der Waals surface area contributed by atoms with Crippen LogP contribution in [0.25, 0.3) is 0 Å². The van der Waals surface area contributed by atoms with Gasteiger partial charge in [-0.2, -0.15) is 0 Å². The molecule has 0 unspecified atom stereocenters. The van der Waals surface area contributed by atoms with Crippen LogP contribution in [0.5, 0.6) is 0 Å². The summed E-state index contributed by atoms with van der Waals surface area (Å²) in [4.78, 5) is 35.6. The van der Waals surface area contributed by atoms with E-state index in [0.717, 1.165) is 0 Å². The van der Waals surface area contributed by atoms with E-state index in [9.17, 15) is 14.4 Å². The molecule has 0 saturated heterocycles. The van der Waals surface area contributed by atoms with E-state index in [1.165, 1.54) is 26.0 Å². The Kier molecular flexibility index (Phi) is 6.23. The summed E-state index contributed by atoms with van der Waals surface area (Å²) in [5.74, 6) is -1.44. The fourth-order valence-corrected chi connectivity index (χ4v) is 2.56. The van der Waals surface area contributed by atoms with Crippen LogP contribution >= 0.6 is 23.2 Å². The second-order valence-electron chi connectivity index (χ2n) is 5.52. The third-order valence-electron chi connectivity index (χ3n) is 3.53. The number of rotatable bonds is 5. The molecule has 2 aromatic carbocycles. The normalized spacial score (nSPS) is 11.5. The van der Waals surface area contributed by atoms with Gasteiger partial charge < -0.3 is 15.8 Å². The minimum absolute atomic E-state index is 0.0204. The lowest BCUT2D eigenvalue weighted by atomic mass is 10.1. The summed E-state index contributed by atoms with van der Waals surface area (Å²) in [6.45, 7) is 2.86. The van der Waals surface area contributed by atoms with E-state index in [1.807, 2.05) is 0 Å². The molecular formula is C18H16Cl2N2O4. The quantitative estimate of drug-likeness (QED) is 0.454. The summed E-state index contributed by atoms with van der Waals surface area (Å²) in [5.41, 5.74) is 6.74. The van der Waals surface area contributed by atoms with Gasteiger partial charge in [-0.1, -0.05) is 23.2 Å². The highest BCUT2D eigenvalue weighted by atomic mass is 35.5. The number of carbonyl (C=O) groups excluding carboxylic acids is 3. The number of nitrogen functional groups attached to an aromatic ring is 1. The molecule has 6 nitrogen and oxygen atoms in total. The number of benzene rings is 2. The molecule has 3 N–H and O–H groups in total. The highest BCUT2D eigenvalue weighted by Crippen LogP contribution is 2.28. The Labute approximate surface area is 160 Å². The number of anilines is 2. The van der Waals surface area contributed by atoms with E-state index >= 15 is 0 Å². The van der Waals surface area contributed by atoms with Gasteiger partial charge >= 0.3 is 5.97 Å². The van der Waals surface area contributed by atoms with Crippen molar-refractivity contribution >= 4 is 52.2 Å². The fourth-order valence-electron chi connectivity index (χ4n) is 2.06. The van der Waals surface area contributed by atoms with Crippen molar-refractivity contribution in [3.8, 4) is 0 Å². The van der Waals surface area contributed by atoms with E-state index in [1.54, 1.807) is 24.3 Å². The number of hydrogen-bond donors (Lipinski definition) is 2. The van der Waals surface area contributed by atoms with Crippen LogP contribution in [0.3, 0.4) is 0 Å². The maximum absolute atomic E-state index is 12.2. The van der Waals surface area contributed by atoms with Gasteiger partial charge in [0.25, 0.3) is 5.91 Å². The Morgan fingerprint density at radius 1 is 1.12 bits per heavy atom. The van der Waals surface area contributed by atoms with Gasteiger partial charge in [0, 0.05) is 16.3 Å². The molecule has 1 amide bonds. The topological polar surface area (TPSA) is 98.5 Å². The van der Waals surface area contributed by atoms with Crippen molar-refractivity contribution < 1.29 is 19.1 Å². The second kappa shape index (κ2) is 8.21. The van der Waals surface area contributed by atoms with Crippen molar-refractivity contribution in [2.75, 3.05) is 11.1 Å². The Balaban J connectivity index is 2.04. The highest BCUT2D eigenvalue weighted by Gasteiger charge is 2.22. The van der Waals surface area contributed by atoms with Crippen LogP contribution in [0, 0.1) is 0 Å². The second-order valence-corrected chi connectivity index (χ2v) is 6.36. The van der Waals surface area contributed by atoms with Gasteiger partial charge in [-0.3, -0.25) is 9.59 Å². The molecule has 0 bridgehead atoms. The number of nitrogens with one attached hydrogen (secondary N) is 1. The Hall–Kier alpha value is -2.57. The Morgan fingerprint density at radius 3 is 2.31 bits per heavy atom. The third-order valence-corrected chi connectivity index (χ3v) is 4.06. The van der Waals surface area contributed by atoms with Gasteiger partial charge in [-0.15, -0.1) is 0 Å². The van der Waals surface area contributed by atoms with Crippen molar-refractivity contribution in [2.24, 2.45) is 0 Å². The molecule has 8 heteroatoms. The molecule has 0 saturated carbocycles. The lowest BCUT2D eigenvalue weighted by Gasteiger charge is -2.15. The van der Waals surface area contributed by atoms with E-state index in [4.69, 9.17) is 33.7 Å². The Bertz CT molecular complexity index is 866. The maximum atomic E-state index is 12.2. The average molecular weight is 395 g/mol. The van der Waals surface area contributed by atoms with Crippen molar-refractivity contribution in [1.82, 2.24) is 0 Å². The van der Waals surface area contributed by atoms with E-state index in [2.05, 4.69) is 5.32 Å². The number of hydrogen-bond acceptors (Lipinski definition) is 5. The zero-order valence-corrected chi connectivity index (χ0v) is 15.5. The van der Waals surface area contributed by atoms with Crippen molar-refractivity contribution in [3.63, 3.8) is 0 Å². The van der Waals surface area contributed by atoms with Crippen LogP contribution in [0.4, 0.5) is 11.4 Å². The van der Waals surface area contributed by atoms with Crippen molar-refractivity contribution in [2.45, 2.75) is 20.0 Å². The Morgan fingerprint density at radius 2 is 1.73 bits per heavy atom. The van der Waals surface area contributed by atoms with Crippen LogP contribution in [-0.2, 0) is 9.53 Å². The van der Waals surface area contributed by atoms with Gasteiger partial charge in [-0.05, 0) is 50.2 Å². The minimum Gasteiger partial charge on any atom is -0.449 e. The van der Waals surface area contributed by atoms with Gasteiger partial charge in [0.1, 0.15) is 0 Å². The molecule has 0 fully saturated rings. The summed E-state index contributed by atoms with van der Waals surface area (Å²) in [6, 6.07) is 9.05. The first-order chi connectivity index (χ1) is 12.2. The smallest absolute Gasteiger partial charge is 0.341 e. The molecule has 2 aromatic rings. The standard InChI is InChI=1S/C18H16Cl2N2O4/c1-9(23)11-3-5-13(6-4-11)22-17(24)10(2)26-18(25)14-7-12(19)8-15(20)16(14)21/h3-8,10H,21H2,1-2H3,(H,22,24)/t10-/m1/s1. The number of ether oxygens (including phenoxy) is 1. The molecule has 136 valence electrons. The SMILES string of the molecule is CC(=O)c1ccc(NC(=O)[C@@H](C)OC(=O)c2cc(Cl)cc(Cl)c2N)cc1. The molecule has 0 aliphatic heterocycles. The number of amides is 1. The lowest BCUT2D eigenvalue weighted by molar-refractivity contribution is -0.123. The first kappa shape index (κ1) is 19.8. The molecule has 0 aliphatic rings. The maximum Gasteiger partial charge on any atom is 0.341 e. The molecule has 0 radical (unpaired) electrons. The third kappa shape index (κ3) is 4.74. The monoisotopic (exact) mass is 394 g/mol. The fraction of sp³-hybridized carbons (Fsp3) is 0.167. The summed E-state index contributed by atoms with van der Waals surface area (Å²) in [6.07, 6.45) is -1.09. The number of esters is 1. The number of nitrogens with two attached hydrogens (primary N) is 1. The molecule has 0 aromatic heterocycles. The average Bonchev–Trinajstić information content (AvgIpc) is 2.58. The van der Waals surface area contributed by atoms with Gasteiger partial charge in [0.05, 0.1) is 16.3 Å². The van der Waals surface area contributed by atoms with Crippen LogP contribution in [0.15, 0.2) is 36.4 Å². The lowest BCUT2D eigenvalue weighted by Crippen LogP contribution is -2.30.